The fourth-order valence-electron chi connectivity index (χ4n) is 2.85. The van der Waals surface area contributed by atoms with Crippen molar-refractivity contribution in [1.29, 1.82) is 0 Å². The molecule has 0 amide bonds. The number of hydrogen-bond donors (Lipinski definition) is 0. The minimum absolute atomic E-state index is 0.00372. The molecule has 0 saturated heterocycles. The van der Waals surface area contributed by atoms with Crippen LogP contribution in [0.15, 0.2) is 28.8 Å². The summed E-state index contributed by atoms with van der Waals surface area (Å²) in [5, 5.41) is 3.78. The van der Waals surface area contributed by atoms with Crippen LogP contribution in [-0.2, 0) is 16.1 Å². The first-order valence-corrected chi connectivity index (χ1v) is 7.95. The largest absolute Gasteiger partial charge is 0.457 e. The fourth-order valence-corrected chi connectivity index (χ4v) is 2.85. The summed E-state index contributed by atoms with van der Waals surface area (Å²) in [7, 11) is 0. The van der Waals surface area contributed by atoms with E-state index in [1.807, 2.05) is 0 Å². The second-order valence-electron chi connectivity index (χ2n) is 5.89. The molecule has 1 aliphatic carbocycles. The predicted octanol–water partition coefficient (Wildman–Crippen LogP) is 3.89. The number of carbonyl (C=O) groups is 1. The maximum absolute atomic E-state index is 12.9. The monoisotopic (exact) mass is 318 g/mol. The molecule has 5 nitrogen and oxygen atoms in total. The minimum atomic E-state index is -0.329. The molecule has 1 aromatic carbocycles. The molecule has 122 valence electrons. The predicted molar refractivity (Wildman–Crippen MR) is 80.7 cm³/mol. The Morgan fingerprint density at radius 2 is 1.96 bits per heavy atom. The average molecular weight is 318 g/mol. The van der Waals surface area contributed by atoms with Gasteiger partial charge in [-0.1, -0.05) is 24.4 Å². The van der Waals surface area contributed by atoms with Crippen LogP contribution in [0.2, 0.25) is 0 Å². The summed E-state index contributed by atoms with van der Waals surface area (Å²) in [4.78, 5) is 16.0. The topological polar surface area (TPSA) is 65.2 Å². The third kappa shape index (κ3) is 4.37. The molecule has 0 spiro atoms. The minimum Gasteiger partial charge on any atom is -0.457 e. The number of halogens is 1. The van der Waals surface area contributed by atoms with Crippen molar-refractivity contribution >= 4 is 5.97 Å². The maximum atomic E-state index is 12.9. The number of carbonyl (C=O) groups excluding carboxylic acids is 1. The van der Waals surface area contributed by atoms with Crippen LogP contribution in [-0.4, -0.2) is 16.1 Å². The first-order chi connectivity index (χ1) is 11.2. The molecule has 3 rings (SSSR count). The van der Waals surface area contributed by atoms with E-state index in [9.17, 15) is 9.18 Å². The molecule has 1 fully saturated rings. The van der Waals surface area contributed by atoms with Crippen LogP contribution < -0.4 is 0 Å². The molecule has 6 heteroatoms. The lowest BCUT2D eigenvalue weighted by Gasteiger charge is -2.20. The number of rotatable bonds is 5. The van der Waals surface area contributed by atoms with Crippen molar-refractivity contribution in [1.82, 2.24) is 10.1 Å². The summed E-state index contributed by atoms with van der Waals surface area (Å²) in [6, 6.07) is 5.76. The number of benzene rings is 1. The van der Waals surface area contributed by atoms with Crippen molar-refractivity contribution < 1.29 is 18.4 Å². The van der Waals surface area contributed by atoms with Crippen molar-refractivity contribution in [3.63, 3.8) is 0 Å². The normalized spacial score (nSPS) is 15.5. The Labute approximate surface area is 133 Å². The smallest absolute Gasteiger partial charge is 0.306 e. The van der Waals surface area contributed by atoms with Crippen LogP contribution in [0.1, 0.15) is 44.3 Å². The van der Waals surface area contributed by atoms with Gasteiger partial charge < -0.3 is 9.26 Å². The highest BCUT2D eigenvalue weighted by atomic mass is 19.1. The molecule has 1 heterocycles. The number of esters is 1. The van der Waals surface area contributed by atoms with Crippen LogP contribution in [0.3, 0.4) is 0 Å². The second kappa shape index (κ2) is 7.35. The van der Waals surface area contributed by atoms with E-state index >= 15 is 0 Å². The Morgan fingerprint density at radius 3 is 2.70 bits per heavy atom. The maximum Gasteiger partial charge on any atom is 0.306 e. The molecule has 0 N–H and O–H groups in total. The Hall–Kier alpha value is -2.24. The molecular weight excluding hydrogens is 299 g/mol. The van der Waals surface area contributed by atoms with E-state index in [0.29, 0.717) is 23.7 Å². The van der Waals surface area contributed by atoms with E-state index in [1.54, 1.807) is 12.1 Å². The lowest BCUT2D eigenvalue weighted by atomic mass is 9.87. The van der Waals surface area contributed by atoms with Gasteiger partial charge in [0.15, 0.2) is 6.61 Å². The number of hydrogen-bond acceptors (Lipinski definition) is 5. The molecule has 1 saturated carbocycles. The molecule has 1 aliphatic rings. The summed E-state index contributed by atoms with van der Waals surface area (Å²) in [5.41, 5.74) is 0.624. The van der Waals surface area contributed by atoms with E-state index < -0.39 is 0 Å². The molecule has 0 bridgehead atoms. The molecule has 23 heavy (non-hydrogen) atoms. The van der Waals surface area contributed by atoms with Gasteiger partial charge in [0, 0.05) is 12.0 Å². The second-order valence-corrected chi connectivity index (χ2v) is 5.89. The fraction of sp³-hybridized carbons (Fsp3) is 0.471. The van der Waals surface area contributed by atoms with Gasteiger partial charge in [-0.25, -0.2) is 4.39 Å². The van der Waals surface area contributed by atoms with E-state index in [4.69, 9.17) is 9.26 Å². The van der Waals surface area contributed by atoms with Crippen molar-refractivity contribution in [3.05, 3.63) is 35.9 Å². The number of ether oxygens (including phenoxy) is 1. The Kier molecular flexibility index (Phi) is 5.00. The molecule has 2 aromatic rings. The van der Waals surface area contributed by atoms with Gasteiger partial charge in [0.05, 0.1) is 0 Å². The highest BCUT2D eigenvalue weighted by Crippen LogP contribution is 2.26. The van der Waals surface area contributed by atoms with Gasteiger partial charge >= 0.3 is 5.97 Å². The van der Waals surface area contributed by atoms with Gasteiger partial charge in [-0.05, 0) is 43.0 Å². The zero-order valence-corrected chi connectivity index (χ0v) is 12.8. The molecule has 1 aromatic heterocycles. The van der Waals surface area contributed by atoms with Gasteiger partial charge in [-0.2, -0.15) is 4.98 Å². The van der Waals surface area contributed by atoms with Crippen LogP contribution in [0, 0.1) is 11.7 Å². The quantitative estimate of drug-likeness (QED) is 0.783. The van der Waals surface area contributed by atoms with Crippen molar-refractivity contribution in [2.45, 2.75) is 45.1 Å². The summed E-state index contributed by atoms with van der Waals surface area (Å²) in [5.74, 6) is 0.483. The third-order valence-electron chi connectivity index (χ3n) is 4.10. The van der Waals surface area contributed by atoms with Gasteiger partial charge in [-0.15, -0.1) is 0 Å². The zero-order chi connectivity index (χ0) is 16.1. The van der Waals surface area contributed by atoms with Crippen molar-refractivity contribution in [2.24, 2.45) is 5.92 Å². The van der Waals surface area contributed by atoms with Crippen molar-refractivity contribution in [2.75, 3.05) is 0 Å². The van der Waals surface area contributed by atoms with E-state index in [0.717, 1.165) is 12.8 Å². The summed E-state index contributed by atoms with van der Waals surface area (Å²) >= 11 is 0. The summed E-state index contributed by atoms with van der Waals surface area (Å²) in [6.07, 6.45) is 6.33. The van der Waals surface area contributed by atoms with Gasteiger partial charge in [-0.3, -0.25) is 4.79 Å². The lowest BCUT2D eigenvalue weighted by molar-refractivity contribution is -0.146. The molecular formula is C17H19FN2O3. The highest BCUT2D eigenvalue weighted by Gasteiger charge is 2.18. The van der Waals surface area contributed by atoms with Gasteiger partial charge in [0.25, 0.3) is 5.89 Å². The number of nitrogens with zero attached hydrogens (tertiary/aromatic N) is 2. The first kappa shape index (κ1) is 15.6. The molecule has 0 aliphatic heterocycles. The van der Waals surface area contributed by atoms with Crippen LogP contribution in [0.4, 0.5) is 4.39 Å². The van der Waals surface area contributed by atoms with E-state index in [2.05, 4.69) is 10.1 Å². The third-order valence-corrected chi connectivity index (χ3v) is 4.10. The van der Waals surface area contributed by atoms with Crippen LogP contribution >= 0.6 is 0 Å². The van der Waals surface area contributed by atoms with E-state index in [-0.39, 0.29) is 24.3 Å². The van der Waals surface area contributed by atoms with Gasteiger partial charge in [0.2, 0.25) is 5.82 Å². The Balaban J connectivity index is 1.50. The standard InChI is InChI=1S/C17H19FN2O3/c18-14-8-6-13(7-9-14)17-19-15(20-23-17)11-22-16(21)10-12-4-2-1-3-5-12/h6-9,12H,1-5,10-11H2. The molecule has 0 radical (unpaired) electrons. The average Bonchev–Trinajstić information content (AvgIpc) is 3.04. The summed E-state index contributed by atoms with van der Waals surface area (Å²) in [6.45, 7) is -0.00372. The Bertz CT molecular complexity index is 648. The van der Waals surface area contributed by atoms with E-state index in [1.165, 1.54) is 31.4 Å². The van der Waals surface area contributed by atoms with Crippen LogP contribution in [0.5, 0.6) is 0 Å². The van der Waals surface area contributed by atoms with Crippen molar-refractivity contribution in [3.8, 4) is 11.5 Å². The molecule has 0 atom stereocenters. The first-order valence-electron chi connectivity index (χ1n) is 7.95. The van der Waals surface area contributed by atoms with Crippen LogP contribution in [0.25, 0.3) is 11.5 Å². The zero-order valence-electron chi connectivity index (χ0n) is 12.8. The SMILES string of the molecule is O=C(CC1CCCCC1)OCc1noc(-c2ccc(F)cc2)n1. The lowest BCUT2D eigenvalue weighted by Crippen LogP contribution is -2.14. The Morgan fingerprint density at radius 1 is 1.22 bits per heavy atom. The highest BCUT2D eigenvalue weighted by molar-refractivity contribution is 5.69. The summed E-state index contributed by atoms with van der Waals surface area (Å²) < 4.78 is 23.2. The van der Waals surface area contributed by atoms with Gasteiger partial charge in [0.1, 0.15) is 5.82 Å². The molecule has 0 unspecified atom stereocenters. The number of aromatic nitrogens is 2.